The van der Waals surface area contributed by atoms with E-state index in [1.165, 1.54) is 11.8 Å². The number of carbonyl (C=O) groups is 2. The van der Waals surface area contributed by atoms with Gasteiger partial charge in [0.1, 0.15) is 5.69 Å². The summed E-state index contributed by atoms with van der Waals surface area (Å²) >= 11 is 0. The normalized spacial score (nSPS) is 14.3. The number of nitrogens with zero attached hydrogens (tertiary/aromatic N) is 2. The number of aromatic nitrogens is 1. The van der Waals surface area contributed by atoms with Crippen molar-refractivity contribution < 1.29 is 9.59 Å². The van der Waals surface area contributed by atoms with E-state index in [9.17, 15) is 9.59 Å². The zero-order valence-electron chi connectivity index (χ0n) is 16.8. The Morgan fingerprint density at radius 3 is 2.30 bits per heavy atom. The molecule has 3 aromatic rings. The topological polar surface area (TPSA) is 62.3 Å². The van der Waals surface area contributed by atoms with Crippen molar-refractivity contribution in [1.29, 1.82) is 0 Å². The van der Waals surface area contributed by atoms with Gasteiger partial charge in [0.25, 0.3) is 11.8 Å². The third kappa shape index (κ3) is 4.92. The van der Waals surface area contributed by atoms with Crippen LogP contribution in [0.25, 0.3) is 0 Å². The summed E-state index contributed by atoms with van der Waals surface area (Å²) in [7, 11) is 0. The molecule has 152 valence electrons. The Bertz CT molecular complexity index is 997. The molecule has 0 atom stereocenters. The number of para-hydroxylation sites is 1. The van der Waals surface area contributed by atoms with Crippen molar-refractivity contribution in [3.8, 4) is 0 Å². The Balaban J connectivity index is 1.36. The van der Waals surface area contributed by atoms with Crippen molar-refractivity contribution in [2.75, 3.05) is 18.4 Å². The first kappa shape index (κ1) is 19.8. The summed E-state index contributed by atoms with van der Waals surface area (Å²) in [5, 5.41) is 2.84. The summed E-state index contributed by atoms with van der Waals surface area (Å²) in [6.07, 6.45) is 4.54. The standard InChI is InChI=1S/C25H25N3O2/c29-24(27-22-9-5-2-6-10-22)21-11-14-26-23(18-21)25(30)28-15-12-20(13-16-28)17-19-7-3-1-4-8-19/h1-11,14,18,20H,12-13,15-17H2,(H,27,29). The largest absolute Gasteiger partial charge is 0.337 e. The lowest BCUT2D eigenvalue weighted by atomic mass is 9.90. The van der Waals surface area contributed by atoms with E-state index >= 15 is 0 Å². The van der Waals surface area contributed by atoms with Crippen LogP contribution < -0.4 is 5.32 Å². The number of piperidine rings is 1. The van der Waals surface area contributed by atoms with Gasteiger partial charge in [-0.1, -0.05) is 48.5 Å². The van der Waals surface area contributed by atoms with Crippen molar-refractivity contribution in [3.63, 3.8) is 0 Å². The summed E-state index contributed by atoms with van der Waals surface area (Å²) in [5.74, 6) is 0.231. The minimum Gasteiger partial charge on any atom is -0.337 e. The molecular weight excluding hydrogens is 374 g/mol. The summed E-state index contributed by atoms with van der Waals surface area (Å²) in [6.45, 7) is 1.44. The van der Waals surface area contributed by atoms with Gasteiger partial charge in [-0.25, -0.2) is 0 Å². The first-order valence-corrected chi connectivity index (χ1v) is 10.3. The Kier molecular flexibility index (Phi) is 6.18. The summed E-state index contributed by atoms with van der Waals surface area (Å²) < 4.78 is 0. The first-order chi connectivity index (χ1) is 14.7. The van der Waals surface area contributed by atoms with Crippen molar-refractivity contribution >= 4 is 17.5 Å². The van der Waals surface area contributed by atoms with Crippen LogP contribution in [-0.2, 0) is 6.42 Å². The average Bonchev–Trinajstić information content (AvgIpc) is 2.80. The van der Waals surface area contributed by atoms with Gasteiger partial charge < -0.3 is 10.2 Å². The number of anilines is 1. The van der Waals surface area contributed by atoms with E-state index < -0.39 is 0 Å². The molecule has 30 heavy (non-hydrogen) atoms. The van der Waals surface area contributed by atoms with Crippen LogP contribution in [0.5, 0.6) is 0 Å². The number of likely N-dealkylation sites (tertiary alicyclic amines) is 1. The molecule has 1 aromatic heterocycles. The Morgan fingerprint density at radius 1 is 0.933 bits per heavy atom. The number of nitrogens with one attached hydrogen (secondary N) is 1. The van der Waals surface area contributed by atoms with Crippen LogP contribution in [-0.4, -0.2) is 34.8 Å². The Labute approximate surface area is 176 Å². The van der Waals surface area contributed by atoms with Gasteiger partial charge in [0.05, 0.1) is 0 Å². The molecule has 0 saturated carbocycles. The molecule has 0 unspecified atom stereocenters. The molecule has 4 rings (SSSR count). The quantitative estimate of drug-likeness (QED) is 0.690. The van der Waals surface area contributed by atoms with Crippen LogP contribution >= 0.6 is 0 Å². The number of hydrogen-bond acceptors (Lipinski definition) is 3. The fourth-order valence-electron chi connectivity index (χ4n) is 3.86. The zero-order chi connectivity index (χ0) is 20.8. The van der Waals surface area contributed by atoms with Gasteiger partial charge >= 0.3 is 0 Å². The molecule has 1 fully saturated rings. The minimum atomic E-state index is -0.251. The van der Waals surface area contributed by atoms with Gasteiger partial charge in [0, 0.05) is 30.5 Å². The molecule has 1 saturated heterocycles. The monoisotopic (exact) mass is 399 g/mol. The van der Waals surface area contributed by atoms with Gasteiger partial charge in [-0.3, -0.25) is 14.6 Å². The van der Waals surface area contributed by atoms with Crippen LogP contribution in [0.1, 0.15) is 39.3 Å². The molecule has 0 aliphatic carbocycles. The van der Waals surface area contributed by atoms with Crippen LogP contribution in [0, 0.1) is 5.92 Å². The third-order valence-corrected chi connectivity index (χ3v) is 5.54. The predicted molar refractivity (Wildman–Crippen MR) is 117 cm³/mol. The lowest BCUT2D eigenvalue weighted by Crippen LogP contribution is -2.39. The van der Waals surface area contributed by atoms with E-state index in [1.807, 2.05) is 41.3 Å². The highest BCUT2D eigenvalue weighted by atomic mass is 16.2. The molecule has 5 nitrogen and oxygen atoms in total. The SMILES string of the molecule is O=C(Nc1ccccc1)c1ccnc(C(=O)N2CCC(Cc3ccccc3)CC2)c1. The second-order valence-electron chi connectivity index (χ2n) is 7.68. The predicted octanol–water partition coefficient (Wildman–Crippen LogP) is 4.43. The fourth-order valence-corrected chi connectivity index (χ4v) is 3.86. The van der Waals surface area contributed by atoms with E-state index in [-0.39, 0.29) is 11.8 Å². The second kappa shape index (κ2) is 9.35. The molecule has 0 bridgehead atoms. The summed E-state index contributed by atoms with van der Waals surface area (Å²) in [6, 6.07) is 23.0. The summed E-state index contributed by atoms with van der Waals surface area (Å²) in [5.41, 5.74) is 2.81. The molecule has 2 aromatic carbocycles. The highest BCUT2D eigenvalue weighted by Gasteiger charge is 2.25. The molecule has 1 aliphatic heterocycles. The molecule has 0 radical (unpaired) electrons. The maximum atomic E-state index is 12.9. The van der Waals surface area contributed by atoms with Gasteiger partial charge in [0.2, 0.25) is 0 Å². The van der Waals surface area contributed by atoms with Crippen molar-refractivity contribution in [2.24, 2.45) is 5.92 Å². The second-order valence-corrected chi connectivity index (χ2v) is 7.68. The van der Waals surface area contributed by atoms with Crippen LogP contribution in [0.15, 0.2) is 79.0 Å². The van der Waals surface area contributed by atoms with Crippen molar-refractivity contribution in [2.45, 2.75) is 19.3 Å². The molecular formula is C25H25N3O2. The molecule has 1 N–H and O–H groups in total. The van der Waals surface area contributed by atoms with E-state index in [2.05, 4.69) is 34.6 Å². The minimum absolute atomic E-state index is 0.109. The smallest absolute Gasteiger partial charge is 0.272 e. The zero-order valence-corrected chi connectivity index (χ0v) is 16.8. The van der Waals surface area contributed by atoms with E-state index in [0.717, 1.165) is 32.4 Å². The van der Waals surface area contributed by atoms with Gasteiger partial charge in [0.15, 0.2) is 0 Å². The number of pyridine rings is 1. The molecule has 1 aliphatic rings. The van der Waals surface area contributed by atoms with Crippen molar-refractivity contribution in [3.05, 3.63) is 95.8 Å². The number of amides is 2. The number of carbonyl (C=O) groups excluding carboxylic acids is 2. The van der Waals surface area contributed by atoms with Crippen molar-refractivity contribution in [1.82, 2.24) is 9.88 Å². The van der Waals surface area contributed by atoms with E-state index in [0.29, 0.717) is 22.9 Å². The third-order valence-electron chi connectivity index (χ3n) is 5.54. The maximum Gasteiger partial charge on any atom is 0.272 e. The number of hydrogen-bond donors (Lipinski definition) is 1. The van der Waals surface area contributed by atoms with Crippen LogP contribution in [0.2, 0.25) is 0 Å². The van der Waals surface area contributed by atoms with E-state index in [1.54, 1.807) is 12.1 Å². The summed E-state index contributed by atoms with van der Waals surface area (Å²) in [4.78, 5) is 31.5. The Morgan fingerprint density at radius 2 is 1.60 bits per heavy atom. The molecule has 2 heterocycles. The van der Waals surface area contributed by atoms with Gasteiger partial charge in [-0.2, -0.15) is 0 Å². The Hall–Kier alpha value is -3.47. The lowest BCUT2D eigenvalue weighted by Gasteiger charge is -2.32. The van der Waals surface area contributed by atoms with Gasteiger partial charge in [-0.15, -0.1) is 0 Å². The molecule has 0 spiro atoms. The van der Waals surface area contributed by atoms with Crippen LogP contribution in [0.4, 0.5) is 5.69 Å². The fraction of sp³-hybridized carbons (Fsp3) is 0.240. The maximum absolute atomic E-state index is 12.9. The van der Waals surface area contributed by atoms with E-state index in [4.69, 9.17) is 0 Å². The number of benzene rings is 2. The highest BCUT2D eigenvalue weighted by molar-refractivity contribution is 6.05. The lowest BCUT2D eigenvalue weighted by molar-refractivity contribution is 0.0684. The average molecular weight is 399 g/mol. The molecule has 5 heteroatoms. The van der Waals surface area contributed by atoms with Gasteiger partial charge in [-0.05, 0) is 55.0 Å². The molecule has 2 amide bonds. The first-order valence-electron chi connectivity index (χ1n) is 10.3. The number of rotatable bonds is 5. The highest BCUT2D eigenvalue weighted by Crippen LogP contribution is 2.23. The van der Waals surface area contributed by atoms with Crippen LogP contribution in [0.3, 0.4) is 0 Å².